The Bertz CT molecular complexity index is 685. The van der Waals surface area contributed by atoms with E-state index in [1.54, 1.807) is 22.8 Å². The van der Waals surface area contributed by atoms with Crippen LogP contribution in [0.3, 0.4) is 0 Å². The maximum absolute atomic E-state index is 12.1. The van der Waals surface area contributed by atoms with Crippen LogP contribution in [0.15, 0.2) is 11.4 Å². The summed E-state index contributed by atoms with van der Waals surface area (Å²) >= 11 is 2.95. The maximum Gasteiger partial charge on any atom is 0.258 e. The second-order valence-electron chi connectivity index (χ2n) is 4.36. The minimum atomic E-state index is -0.176. The van der Waals surface area contributed by atoms with E-state index in [0.717, 1.165) is 23.4 Å². The van der Waals surface area contributed by atoms with Gasteiger partial charge >= 0.3 is 0 Å². The topological polar surface area (TPSA) is 62.2 Å². The monoisotopic (exact) mass is 304 g/mol. The Morgan fingerprint density at radius 2 is 2.40 bits per heavy atom. The lowest BCUT2D eigenvalue weighted by Crippen LogP contribution is -2.10. The zero-order valence-corrected chi connectivity index (χ0v) is 12.2. The number of nitrogens with zero attached hydrogens (tertiary/aromatic N) is 1. The lowest BCUT2D eigenvalue weighted by molar-refractivity contribution is 0.102. The Labute approximate surface area is 124 Å². The van der Waals surface area contributed by atoms with E-state index in [1.165, 1.54) is 22.6 Å². The maximum atomic E-state index is 12.1. The van der Waals surface area contributed by atoms with Gasteiger partial charge in [-0.1, -0.05) is 11.8 Å². The molecule has 0 aromatic carbocycles. The summed E-state index contributed by atoms with van der Waals surface area (Å²) in [4.78, 5) is 18.6. The first-order chi connectivity index (χ1) is 9.76. The van der Waals surface area contributed by atoms with Crippen molar-refractivity contribution < 1.29 is 9.90 Å². The molecule has 20 heavy (non-hydrogen) atoms. The molecule has 0 radical (unpaired) electrons. The van der Waals surface area contributed by atoms with E-state index in [0.29, 0.717) is 10.7 Å². The van der Waals surface area contributed by atoms with Crippen molar-refractivity contribution >= 4 is 33.7 Å². The summed E-state index contributed by atoms with van der Waals surface area (Å²) in [5.74, 6) is 5.20. The number of rotatable bonds is 2. The standard InChI is InChI=1S/C14H12N2O2S2/c17-6-2-3-10-7-9(8-19-10)13(18)16-14-15-11-4-1-5-12(11)20-14/h7-8,17H,1,4-6H2,(H,15,16,18). The normalized spacial score (nSPS) is 12.7. The first-order valence-electron chi connectivity index (χ1n) is 6.24. The average Bonchev–Trinajstić information content (AvgIpc) is 3.10. The average molecular weight is 304 g/mol. The molecule has 0 saturated carbocycles. The smallest absolute Gasteiger partial charge is 0.258 e. The van der Waals surface area contributed by atoms with Gasteiger partial charge < -0.3 is 5.11 Å². The predicted octanol–water partition coefficient (Wildman–Crippen LogP) is 2.29. The number of carbonyl (C=O) groups is 1. The summed E-state index contributed by atoms with van der Waals surface area (Å²) in [6.45, 7) is -0.176. The van der Waals surface area contributed by atoms with Crippen molar-refractivity contribution in [2.24, 2.45) is 0 Å². The van der Waals surface area contributed by atoms with Crippen molar-refractivity contribution in [3.63, 3.8) is 0 Å². The Morgan fingerprint density at radius 3 is 3.20 bits per heavy atom. The number of aryl methyl sites for hydroxylation is 2. The van der Waals surface area contributed by atoms with Gasteiger partial charge in [0.15, 0.2) is 5.13 Å². The molecule has 0 bridgehead atoms. The first-order valence-corrected chi connectivity index (χ1v) is 7.94. The first kappa shape index (κ1) is 13.3. The third-order valence-corrected chi connectivity index (χ3v) is 4.89. The molecule has 0 atom stereocenters. The van der Waals surface area contributed by atoms with E-state index < -0.39 is 0 Å². The van der Waals surface area contributed by atoms with Crippen LogP contribution in [0.2, 0.25) is 0 Å². The molecular weight excluding hydrogens is 292 g/mol. The van der Waals surface area contributed by atoms with Crippen LogP contribution in [0.1, 0.15) is 32.2 Å². The van der Waals surface area contributed by atoms with Gasteiger partial charge in [-0.25, -0.2) is 4.98 Å². The van der Waals surface area contributed by atoms with Gasteiger partial charge in [0.05, 0.1) is 16.1 Å². The summed E-state index contributed by atoms with van der Waals surface area (Å²) in [6, 6.07) is 1.73. The largest absolute Gasteiger partial charge is 0.384 e. The molecule has 4 nitrogen and oxygen atoms in total. The van der Waals surface area contributed by atoms with Crippen LogP contribution in [0.25, 0.3) is 0 Å². The lowest BCUT2D eigenvalue weighted by Gasteiger charge is -1.98. The number of anilines is 1. The second kappa shape index (κ2) is 5.75. The predicted molar refractivity (Wildman–Crippen MR) is 80.4 cm³/mol. The fraction of sp³-hybridized carbons (Fsp3) is 0.286. The number of aromatic nitrogens is 1. The summed E-state index contributed by atoms with van der Waals surface area (Å²) in [7, 11) is 0. The van der Waals surface area contributed by atoms with E-state index in [2.05, 4.69) is 22.1 Å². The van der Waals surface area contributed by atoms with E-state index in [9.17, 15) is 4.79 Å². The molecule has 102 valence electrons. The van der Waals surface area contributed by atoms with Crippen LogP contribution < -0.4 is 5.32 Å². The van der Waals surface area contributed by atoms with Gasteiger partial charge in [-0.3, -0.25) is 10.1 Å². The number of thiophene rings is 1. The van der Waals surface area contributed by atoms with Crippen molar-refractivity contribution in [3.8, 4) is 11.8 Å². The molecule has 2 aromatic rings. The third-order valence-electron chi connectivity index (χ3n) is 2.97. The molecule has 1 aliphatic rings. The molecular formula is C14H12N2O2S2. The number of hydrogen-bond donors (Lipinski definition) is 2. The summed E-state index contributed by atoms with van der Waals surface area (Å²) < 4.78 is 0. The Hall–Kier alpha value is -1.68. The number of nitrogens with one attached hydrogen (secondary N) is 1. The number of carbonyl (C=O) groups excluding carboxylic acids is 1. The third kappa shape index (κ3) is 2.75. The number of fused-ring (bicyclic) bond motifs is 1. The minimum Gasteiger partial charge on any atom is -0.384 e. The molecule has 1 amide bonds. The summed E-state index contributed by atoms with van der Waals surface area (Å²) in [5, 5.41) is 13.9. The number of aliphatic hydroxyl groups is 1. The Balaban J connectivity index is 1.70. The molecule has 0 spiro atoms. The molecule has 6 heteroatoms. The van der Waals surface area contributed by atoms with Crippen molar-refractivity contribution in [1.29, 1.82) is 0 Å². The van der Waals surface area contributed by atoms with Crippen LogP contribution in [0.4, 0.5) is 5.13 Å². The van der Waals surface area contributed by atoms with Crippen molar-refractivity contribution in [1.82, 2.24) is 4.98 Å². The molecule has 1 aliphatic carbocycles. The highest BCUT2D eigenvalue weighted by Crippen LogP contribution is 2.30. The van der Waals surface area contributed by atoms with E-state index >= 15 is 0 Å². The lowest BCUT2D eigenvalue weighted by atomic mass is 10.3. The van der Waals surface area contributed by atoms with Gasteiger partial charge in [-0.05, 0) is 25.3 Å². The zero-order chi connectivity index (χ0) is 13.9. The van der Waals surface area contributed by atoms with E-state index in [4.69, 9.17) is 5.11 Å². The molecule has 0 saturated heterocycles. The molecule has 3 rings (SSSR count). The number of hydrogen-bond acceptors (Lipinski definition) is 5. The Morgan fingerprint density at radius 1 is 1.50 bits per heavy atom. The molecule has 2 aromatic heterocycles. The van der Waals surface area contributed by atoms with Gasteiger partial charge in [0.25, 0.3) is 5.91 Å². The second-order valence-corrected chi connectivity index (χ2v) is 6.35. The fourth-order valence-electron chi connectivity index (χ4n) is 2.06. The van der Waals surface area contributed by atoms with Gasteiger partial charge in [0.1, 0.15) is 6.61 Å². The quantitative estimate of drug-likeness (QED) is 0.837. The van der Waals surface area contributed by atoms with Gasteiger partial charge in [0, 0.05) is 10.3 Å². The molecule has 0 unspecified atom stereocenters. The van der Waals surface area contributed by atoms with Crippen LogP contribution in [-0.4, -0.2) is 22.6 Å². The van der Waals surface area contributed by atoms with Crippen molar-refractivity contribution in [3.05, 3.63) is 32.5 Å². The highest BCUT2D eigenvalue weighted by molar-refractivity contribution is 7.16. The fourth-order valence-corrected chi connectivity index (χ4v) is 3.86. The summed E-state index contributed by atoms with van der Waals surface area (Å²) in [6.07, 6.45) is 3.25. The summed E-state index contributed by atoms with van der Waals surface area (Å²) in [5.41, 5.74) is 1.71. The zero-order valence-electron chi connectivity index (χ0n) is 10.6. The van der Waals surface area contributed by atoms with Crippen molar-refractivity contribution in [2.45, 2.75) is 19.3 Å². The Kier molecular flexibility index (Phi) is 3.83. The van der Waals surface area contributed by atoms with Crippen LogP contribution >= 0.6 is 22.7 Å². The van der Waals surface area contributed by atoms with Gasteiger partial charge in [-0.15, -0.1) is 22.7 Å². The number of aliphatic hydroxyl groups excluding tert-OH is 1. The highest BCUT2D eigenvalue weighted by atomic mass is 32.1. The minimum absolute atomic E-state index is 0.161. The van der Waals surface area contributed by atoms with Crippen LogP contribution in [0, 0.1) is 11.8 Å². The van der Waals surface area contributed by atoms with Crippen LogP contribution in [-0.2, 0) is 12.8 Å². The molecule has 0 fully saturated rings. The molecule has 2 heterocycles. The molecule has 0 aliphatic heterocycles. The number of thiazole rings is 1. The number of amides is 1. The molecule has 2 N–H and O–H groups in total. The van der Waals surface area contributed by atoms with E-state index in [-0.39, 0.29) is 12.5 Å². The van der Waals surface area contributed by atoms with Crippen LogP contribution in [0.5, 0.6) is 0 Å². The van der Waals surface area contributed by atoms with Crippen molar-refractivity contribution in [2.75, 3.05) is 11.9 Å². The SMILES string of the molecule is O=C(Nc1nc2c(s1)CCC2)c1csc(C#CCO)c1. The van der Waals surface area contributed by atoms with Gasteiger partial charge in [-0.2, -0.15) is 0 Å². The van der Waals surface area contributed by atoms with Gasteiger partial charge in [0.2, 0.25) is 0 Å². The highest BCUT2D eigenvalue weighted by Gasteiger charge is 2.18. The van der Waals surface area contributed by atoms with E-state index in [1.807, 2.05) is 0 Å².